The molecule has 0 saturated carbocycles. The van der Waals surface area contributed by atoms with E-state index in [4.69, 9.17) is 0 Å². The summed E-state index contributed by atoms with van der Waals surface area (Å²) in [5.41, 5.74) is 1.04. The molecule has 0 radical (unpaired) electrons. The monoisotopic (exact) mass is 403 g/mol. The van der Waals surface area contributed by atoms with Gasteiger partial charge in [-0.1, -0.05) is 92.6 Å². The summed E-state index contributed by atoms with van der Waals surface area (Å²) in [5, 5.41) is 2.18. The summed E-state index contributed by atoms with van der Waals surface area (Å²) in [5.74, 6) is 0. The predicted molar refractivity (Wildman–Crippen MR) is 132 cm³/mol. The number of hydrogen-bond donors (Lipinski definition) is 1. The second-order valence-corrected chi connectivity index (χ2v) is 7.68. The molecule has 160 valence electrons. The minimum atomic E-state index is -0.0126. The lowest BCUT2D eigenvalue weighted by molar-refractivity contribution is 0.728. The standard InChI is InChI=1S/C28H37NO/c1-2-3-4-5-6-7-8-9-10-11-12-13-14-15-16-17-18-23-27-26-22-20-19-21-25(26)24-28(30)29-27/h6-7,9-10,12-13,15-16,19-22,24H,2-5,8,11,14,17-18,23H2,1H3,(H,29,30)/b7-6-,10-9-,13-12-,16-15-. The first-order valence-corrected chi connectivity index (χ1v) is 11.5. The average molecular weight is 404 g/mol. The zero-order valence-corrected chi connectivity index (χ0v) is 18.5. The van der Waals surface area contributed by atoms with Crippen LogP contribution in [0, 0.1) is 0 Å². The van der Waals surface area contributed by atoms with Crippen molar-refractivity contribution in [3.8, 4) is 0 Å². The number of fused-ring (bicyclic) bond motifs is 1. The molecule has 0 saturated heterocycles. The summed E-state index contributed by atoms with van der Waals surface area (Å²) >= 11 is 0. The molecule has 30 heavy (non-hydrogen) atoms. The van der Waals surface area contributed by atoms with Crippen molar-refractivity contribution in [1.82, 2.24) is 4.98 Å². The SMILES string of the molecule is CCCCC/C=C\C/C=C\C/C=C\C/C=C\CCCc1[nH]c(=O)cc2ccccc12. The molecule has 0 fully saturated rings. The molecule has 0 amide bonds. The van der Waals surface area contributed by atoms with Crippen LogP contribution in [0.4, 0.5) is 0 Å². The number of hydrogen-bond acceptors (Lipinski definition) is 1. The molecular formula is C28H37NO. The maximum atomic E-state index is 11.8. The van der Waals surface area contributed by atoms with E-state index in [1.165, 1.54) is 25.7 Å². The lowest BCUT2D eigenvalue weighted by Crippen LogP contribution is -2.07. The van der Waals surface area contributed by atoms with Gasteiger partial charge in [0.1, 0.15) is 0 Å². The zero-order chi connectivity index (χ0) is 21.3. The Kier molecular flexibility index (Phi) is 12.0. The highest BCUT2D eigenvalue weighted by Crippen LogP contribution is 2.16. The van der Waals surface area contributed by atoms with E-state index in [0.717, 1.165) is 55.0 Å². The summed E-state index contributed by atoms with van der Waals surface area (Å²) in [6.07, 6.45) is 29.1. The van der Waals surface area contributed by atoms with E-state index in [1.54, 1.807) is 6.07 Å². The number of aromatic amines is 1. The first-order valence-electron chi connectivity index (χ1n) is 11.5. The van der Waals surface area contributed by atoms with Crippen LogP contribution in [0.3, 0.4) is 0 Å². The first-order chi connectivity index (χ1) is 14.8. The van der Waals surface area contributed by atoms with E-state index < -0.39 is 0 Å². The smallest absolute Gasteiger partial charge is 0.248 e. The van der Waals surface area contributed by atoms with Gasteiger partial charge in [-0.15, -0.1) is 0 Å². The third-order valence-electron chi connectivity index (χ3n) is 5.10. The molecular weight excluding hydrogens is 366 g/mol. The number of H-pyrrole nitrogens is 1. The average Bonchev–Trinajstić information content (AvgIpc) is 2.75. The third-order valence-corrected chi connectivity index (χ3v) is 5.10. The molecule has 1 aromatic heterocycles. The van der Waals surface area contributed by atoms with Gasteiger partial charge < -0.3 is 4.98 Å². The van der Waals surface area contributed by atoms with E-state index in [0.29, 0.717) is 0 Å². The van der Waals surface area contributed by atoms with Crippen molar-refractivity contribution in [1.29, 1.82) is 0 Å². The van der Waals surface area contributed by atoms with Gasteiger partial charge in [-0.25, -0.2) is 0 Å². The van der Waals surface area contributed by atoms with Gasteiger partial charge in [-0.05, 0) is 56.8 Å². The minimum absolute atomic E-state index is 0.0126. The van der Waals surface area contributed by atoms with Gasteiger partial charge in [0, 0.05) is 17.1 Å². The maximum Gasteiger partial charge on any atom is 0.248 e. The molecule has 2 aromatic rings. The lowest BCUT2D eigenvalue weighted by atomic mass is 10.1. The van der Waals surface area contributed by atoms with Crippen molar-refractivity contribution in [3.63, 3.8) is 0 Å². The molecule has 0 aliphatic carbocycles. The Bertz CT molecular complexity index is 898. The summed E-state index contributed by atoms with van der Waals surface area (Å²) in [7, 11) is 0. The van der Waals surface area contributed by atoms with Crippen molar-refractivity contribution in [3.05, 3.63) is 95.0 Å². The van der Waals surface area contributed by atoms with Crippen LogP contribution in [-0.2, 0) is 6.42 Å². The highest BCUT2D eigenvalue weighted by atomic mass is 16.1. The van der Waals surface area contributed by atoms with Crippen LogP contribution in [0.25, 0.3) is 10.8 Å². The molecule has 2 rings (SSSR count). The minimum Gasteiger partial charge on any atom is -0.326 e. The second kappa shape index (κ2) is 15.3. The van der Waals surface area contributed by atoms with Gasteiger partial charge in [0.15, 0.2) is 0 Å². The van der Waals surface area contributed by atoms with Crippen molar-refractivity contribution in [2.45, 2.75) is 71.1 Å². The molecule has 0 atom stereocenters. The van der Waals surface area contributed by atoms with Crippen LogP contribution < -0.4 is 5.56 Å². The highest BCUT2D eigenvalue weighted by Gasteiger charge is 2.02. The largest absolute Gasteiger partial charge is 0.326 e. The molecule has 0 spiro atoms. The van der Waals surface area contributed by atoms with E-state index in [2.05, 4.69) is 66.6 Å². The Balaban J connectivity index is 1.56. The van der Waals surface area contributed by atoms with Gasteiger partial charge in [0.25, 0.3) is 0 Å². The van der Waals surface area contributed by atoms with Crippen molar-refractivity contribution in [2.75, 3.05) is 0 Å². The van der Waals surface area contributed by atoms with E-state index in [9.17, 15) is 4.79 Å². The highest BCUT2D eigenvalue weighted by molar-refractivity contribution is 5.84. The fourth-order valence-corrected chi connectivity index (χ4v) is 3.45. The fraction of sp³-hybridized carbons (Fsp3) is 0.393. The zero-order valence-electron chi connectivity index (χ0n) is 18.5. The number of aryl methyl sites for hydroxylation is 1. The maximum absolute atomic E-state index is 11.8. The Morgan fingerprint density at radius 2 is 1.37 bits per heavy atom. The molecule has 2 heteroatoms. The van der Waals surface area contributed by atoms with Gasteiger partial charge in [-0.2, -0.15) is 0 Å². The Morgan fingerprint density at radius 1 is 0.767 bits per heavy atom. The van der Waals surface area contributed by atoms with Crippen LogP contribution in [0.2, 0.25) is 0 Å². The fourth-order valence-electron chi connectivity index (χ4n) is 3.45. The van der Waals surface area contributed by atoms with E-state index in [-0.39, 0.29) is 5.56 Å². The summed E-state index contributed by atoms with van der Waals surface area (Å²) < 4.78 is 0. The molecule has 1 aromatic carbocycles. The number of allylic oxidation sites excluding steroid dienone is 8. The van der Waals surface area contributed by atoms with Gasteiger partial charge in [0.2, 0.25) is 5.56 Å². The predicted octanol–water partition coefficient (Wildman–Crippen LogP) is 7.83. The van der Waals surface area contributed by atoms with Crippen LogP contribution in [0.5, 0.6) is 0 Å². The number of benzene rings is 1. The summed E-state index contributed by atoms with van der Waals surface area (Å²) in [6.45, 7) is 2.24. The topological polar surface area (TPSA) is 32.9 Å². The Hall–Kier alpha value is -2.61. The molecule has 2 nitrogen and oxygen atoms in total. The molecule has 1 heterocycles. The van der Waals surface area contributed by atoms with Crippen molar-refractivity contribution < 1.29 is 0 Å². The van der Waals surface area contributed by atoms with Crippen LogP contribution in [0.1, 0.15) is 70.4 Å². The quantitative estimate of drug-likeness (QED) is 0.253. The normalized spacial score (nSPS) is 12.4. The number of pyridine rings is 1. The molecule has 1 N–H and O–H groups in total. The van der Waals surface area contributed by atoms with E-state index in [1.807, 2.05) is 18.2 Å². The lowest BCUT2D eigenvalue weighted by Gasteiger charge is -2.05. The number of unbranched alkanes of at least 4 members (excludes halogenated alkanes) is 4. The molecule has 0 bridgehead atoms. The molecule has 0 aliphatic rings. The van der Waals surface area contributed by atoms with Crippen LogP contribution in [0.15, 0.2) is 83.7 Å². The third kappa shape index (κ3) is 9.73. The summed E-state index contributed by atoms with van der Waals surface area (Å²) in [4.78, 5) is 14.8. The van der Waals surface area contributed by atoms with Gasteiger partial charge >= 0.3 is 0 Å². The number of rotatable bonds is 14. The number of aromatic nitrogens is 1. The molecule has 0 unspecified atom stereocenters. The van der Waals surface area contributed by atoms with Crippen LogP contribution >= 0.6 is 0 Å². The second-order valence-electron chi connectivity index (χ2n) is 7.68. The Morgan fingerprint density at radius 3 is 2.03 bits per heavy atom. The Labute approximate surface area is 182 Å². The number of nitrogens with one attached hydrogen (secondary N) is 1. The van der Waals surface area contributed by atoms with Gasteiger partial charge in [0.05, 0.1) is 0 Å². The van der Waals surface area contributed by atoms with Crippen molar-refractivity contribution in [2.24, 2.45) is 0 Å². The van der Waals surface area contributed by atoms with Gasteiger partial charge in [-0.3, -0.25) is 4.79 Å². The van der Waals surface area contributed by atoms with E-state index >= 15 is 0 Å². The first kappa shape index (κ1) is 23.7. The van der Waals surface area contributed by atoms with Crippen molar-refractivity contribution >= 4 is 10.8 Å². The summed E-state index contributed by atoms with van der Waals surface area (Å²) in [6, 6.07) is 9.76. The molecule has 0 aliphatic heterocycles. The van der Waals surface area contributed by atoms with Crippen LogP contribution in [-0.4, -0.2) is 4.98 Å².